The first kappa shape index (κ1) is 27.2. The number of benzene rings is 1. The number of methoxy groups -OCH3 is 1. The SMILES string of the molecule is C/C=C(/F)c1sc(N)c(C#N)c1C(=C(C)CC)c1c2c(c3cnc(N4CC(C)C(OC)C4)nc3c1F)COC2. The minimum absolute atomic E-state index is 0.0354. The Morgan fingerprint density at radius 1 is 1.33 bits per heavy atom. The van der Waals surface area contributed by atoms with Crippen LogP contribution < -0.4 is 10.6 Å². The third-order valence-corrected chi connectivity index (χ3v) is 8.82. The molecule has 1 aromatic carbocycles. The molecule has 4 heterocycles. The van der Waals surface area contributed by atoms with Gasteiger partial charge in [-0.05, 0) is 37.0 Å². The molecule has 2 aromatic heterocycles. The second-order valence-corrected chi connectivity index (χ2v) is 11.1. The minimum Gasteiger partial charge on any atom is -0.389 e. The fourth-order valence-corrected chi connectivity index (χ4v) is 6.54. The van der Waals surface area contributed by atoms with Gasteiger partial charge in [-0.2, -0.15) is 5.26 Å². The van der Waals surface area contributed by atoms with E-state index in [1.807, 2.05) is 18.7 Å². The summed E-state index contributed by atoms with van der Waals surface area (Å²) in [6.45, 7) is 9.25. The number of anilines is 2. The van der Waals surface area contributed by atoms with Gasteiger partial charge in [0.2, 0.25) is 5.95 Å². The molecular weight excluding hydrogens is 520 g/mol. The number of nitrogens with zero attached hydrogens (tertiary/aromatic N) is 4. The number of nitriles is 1. The molecule has 2 aliphatic heterocycles. The first-order chi connectivity index (χ1) is 18.7. The maximum absolute atomic E-state index is 16.9. The molecule has 3 aromatic rings. The van der Waals surface area contributed by atoms with Gasteiger partial charge in [0.15, 0.2) is 5.82 Å². The van der Waals surface area contributed by atoms with Crippen LogP contribution in [0, 0.1) is 23.1 Å². The summed E-state index contributed by atoms with van der Waals surface area (Å²) in [6.07, 6.45) is 3.57. The monoisotopic (exact) mass is 551 g/mol. The second kappa shape index (κ2) is 10.6. The van der Waals surface area contributed by atoms with Crippen LogP contribution in [0.25, 0.3) is 22.3 Å². The molecule has 0 saturated carbocycles. The molecule has 2 unspecified atom stereocenters. The Bertz CT molecular complexity index is 1570. The highest BCUT2D eigenvalue weighted by Crippen LogP contribution is 2.47. The van der Waals surface area contributed by atoms with Gasteiger partial charge < -0.3 is 20.1 Å². The van der Waals surface area contributed by atoms with E-state index in [-0.39, 0.29) is 51.8 Å². The predicted octanol–water partition coefficient (Wildman–Crippen LogP) is 6.35. The fourth-order valence-electron chi connectivity index (χ4n) is 5.55. The number of ether oxygens (including phenoxy) is 2. The van der Waals surface area contributed by atoms with Crippen molar-refractivity contribution in [2.75, 3.05) is 30.8 Å². The molecule has 0 bridgehead atoms. The van der Waals surface area contributed by atoms with E-state index in [4.69, 9.17) is 20.2 Å². The van der Waals surface area contributed by atoms with Crippen molar-refractivity contribution in [3.05, 3.63) is 56.4 Å². The minimum atomic E-state index is -0.545. The van der Waals surface area contributed by atoms with Crippen molar-refractivity contribution in [2.45, 2.75) is 53.4 Å². The number of hydrogen-bond acceptors (Lipinski definition) is 8. The van der Waals surface area contributed by atoms with Crippen LogP contribution in [0.5, 0.6) is 0 Å². The Labute approximate surface area is 230 Å². The van der Waals surface area contributed by atoms with Crippen molar-refractivity contribution in [2.24, 2.45) is 5.92 Å². The summed E-state index contributed by atoms with van der Waals surface area (Å²) >= 11 is 0.994. The number of thiophene rings is 1. The van der Waals surface area contributed by atoms with Crippen molar-refractivity contribution in [1.82, 2.24) is 9.97 Å². The molecule has 1 fully saturated rings. The number of hydrogen-bond donors (Lipinski definition) is 1. The first-order valence-electron chi connectivity index (χ1n) is 13.0. The van der Waals surface area contributed by atoms with Crippen LogP contribution >= 0.6 is 11.3 Å². The summed E-state index contributed by atoms with van der Waals surface area (Å²) in [7, 11) is 1.68. The molecule has 2 aliphatic rings. The van der Waals surface area contributed by atoms with Gasteiger partial charge in [0.05, 0.1) is 29.8 Å². The number of aromatic nitrogens is 2. The van der Waals surface area contributed by atoms with E-state index in [9.17, 15) is 5.26 Å². The van der Waals surface area contributed by atoms with E-state index in [0.717, 1.165) is 22.5 Å². The maximum Gasteiger partial charge on any atom is 0.226 e. The molecular formula is C29H31F2N5O2S. The molecule has 0 radical (unpaired) electrons. The molecule has 2 atom stereocenters. The largest absolute Gasteiger partial charge is 0.389 e. The van der Waals surface area contributed by atoms with Crippen molar-refractivity contribution in [3.8, 4) is 6.07 Å². The van der Waals surface area contributed by atoms with Crippen LogP contribution in [0.1, 0.15) is 66.8 Å². The molecule has 10 heteroatoms. The zero-order chi connectivity index (χ0) is 28.0. The zero-order valence-electron chi connectivity index (χ0n) is 22.7. The summed E-state index contributed by atoms with van der Waals surface area (Å²) < 4.78 is 43.4. The van der Waals surface area contributed by atoms with Gasteiger partial charge in [-0.3, -0.25) is 0 Å². The molecule has 0 aliphatic carbocycles. The lowest BCUT2D eigenvalue weighted by Gasteiger charge is -2.21. The van der Waals surface area contributed by atoms with E-state index < -0.39 is 11.6 Å². The lowest BCUT2D eigenvalue weighted by atomic mass is 9.85. The van der Waals surface area contributed by atoms with Gasteiger partial charge in [0.25, 0.3) is 0 Å². The van der Waals surface area contributed by atoms with Crippen LogP contribution in [-0.4, -0.2) is 36.3 Å². The molecule has 0 spiro atoms. The van der Waals surface area contributed by atoms with Crippen molar-refractivity contribution < 1.29 is 18.3 Å². The quantitative estimate of drug-likeness (QED) is 0.381. The van der Waals surface area contributed by atoms with Gasteiger partial charge in [-0.15, -0.1) is 11.3 Å². The highest BCUT2D eigenvalue weighted by atomic mass is 32.1. The van der Waals surface area contributed by atoms with Gasteiger partial charge in [-0.1, -0.05) is 25.5 Å². The smallest absolute Gasteiger partial charge is 0.226 e. The Kier molecular flexibility index (Phi) is 7.42. The van der Waals surface area contributed by atoms with Crippen LogP contribution in [0.4, 0.5) is 19.7 Å². The summed E-state index contributed by atoms with van der Waals surface area (Å²) in [5.41, 5.74) is 9.82. The number of fused-ring (bicyclic) bond motifs is 3. The van der Waals surface area contributed by atoms with Crippen LogP contribution in [0.2, 0.25) is 0 Å². The fraction of sp³-hybridized carbons (Fsp3) is 0.414. The lowest BCUT2D eigenvalue weighted by Crippen LogP contribution is -2.24. The van der Waals surface area contributed by atoms with Gasteiger partial charge in [0.1, 0.15) is 22.4 Å². The highest BCUT2D eigenvalue weighted by molar-refractivity contribution is 7.17. The zero-order valence-corrected chi connectivity index (χ0v) is 23.5. The summed E-state index contributed by atoms with van der Waals surface area (Å²) in [5.74, 6) is -0.359. The standard InChI is InChI=1S/C29H31F2N5O2S/c1-6-14(3)22(24-16(8-32)28(33)39-27(24)20(30)7-2)23-19-13-38-12-18(19)17-9-34-29(35-26(17)25(23)31)36-10-15(4)21(11-36)37-5/h7,9,15,21H,6,10-13,33H2,1-5H3/b20-7+,22-14?. The second-order valence-electron chi connectivity index (χ2n) is 10.0. The van der Waals surface area contributed by atoms with E-state index in [1.165, 1.54) is 6.08 Å². The molecule has 1 saturated heterocycles. The van der Waals surface area contributed by atoms with Crippen LogP contribution in [0.3, 0.4) is 0 Å². The normalized spacial score (nSPS) is 19.9. The Morgan fingerprint density at radius 3 is 2.72 bits per heavy atom. The Morgan fingerprint density at radius 2 is 2.08 bits per heavy atom. The molecule has 204 valence electrons. The average Bonchev–Trinajstić information content (AvgIpc) is 3.66. The molecule has 5 rings (SSSR count). The number of allylic oxidation sites excluding steroid dienone is 2. The van der Waals surface area contributed by atoms with Crippen molar-refractivity contribution >= 4 is 44.6 Å². The molecule has 7 nitrogen and oxygen atoms in total. The van der Waals surface area contributed by atoms with Gasteiger partial charge in [0, 0.05) is 48.8 Å². The number of rotatable bonds is 6. The number of halogens is 2. The van der Waals surface area contributed by atoms with Crippen LogP contribution in [0.15, 0.2) is 17.8 Å². The van der Waals surface area contributed by atoms with E-state index >= 15 is 8.78 Å². The molecule has 2 N–H and O–H groups in total. The lowest BCUT2D eigenvalue weighted by molar-refractivity contribution is 0.0899. The Balaban J connectivity index is 1.81. The molecule has 0 amide bonds. The number of nitrogen functional groups attached to an aromatic ring is 1. The maximum atomic E-state index is 16.9. The Hall–Kier alpha value is -3.39. The first-order valence-corrected chi connectivity index (χ1v) is 13.8. The summed E-state index contributed by atoms with van der Waals surface area (Å²) in [6, 6.07) is 2.14. The number of nitrogens with two attached hydrogens (primary N) is 1. The van der Waals surface area contributed by atoms with E-state index in [2.05, 4.69) is 18.0 Å². The van der Waals surface area contributed by atoms with Gasteiger partial charge in [-0.25, -0.2) is 18.7 Å². The highest BCUT2D eigenvalue weighted by Gasteiger charge is 2.34. The topological polar surface area (TPSA) is 97.3 Å². The van der Waals surface area contributed by atoms with Crippen molar-refractivity contribution in [3.63, 3.8) is 0 Å². The van der Waals surface area contributed by atoms with Gasteiger partial charge >= 0.3 is 0 Å². The van der Waals surface area contributed by atoms with Crippen LogP contribution in [-0.2, 0) is 22.7 Å². The molecule has 39 heavy (non-hydrogen) atoms. The third-order valence-electron chi connectivity index (χ3n) is 7.79. The third kappa shape index (κ3) is 4.39. The summed E-state index contributed by atoms with van der Waals surface area (Å²) in [5, 5.41) is 10.8. The predicted molar refractivity (Wildman–Crippen MR) is 150 cm³/mol. The summed E-state index contributed by atoms with van der Waals surface area (Å²) in [4.78, 5) is 11.5. The van der Waals surface area contributed by atoms with E-state index in [1.54, 1.807) is 20.2 Å². The van der Waals surface area contributed by atoms with Crippen molar-refractivity contribution in [1.29, 1.82) is 5.26 Å². The van der Waals surface area contributed by atoms with E-state index in [0.29, 0.717) is 47.5 Å². The average molecular weight is 552 g/mol.